The predicted octanol–water partition coefficient (Wildman–Crippen LogP) is 2.90. The van der Waals surface area contributed by atoms with Crippen molar-refractivity contribution in [1.29, 1.82) is 0 Å². The summed E-state index contributed by atoms with van der Waals surface area (Å²) in [7, 11) is 0. The highest BCUT2D eigenvalue weighted by molar-refractivity contribution is 5.94. The minimum atomic E-state index is -0.878. The average molecular weight is 268 g/mol. The van der Waals surface area contributed by atoms with E-state index in [1.807, 2.05) is 13.8 Å². The Hall–Kier alpha value is -1.98. The van der Waals surface area contributed by atoms with Crippen LogP contribution in [-0.4, -0.2) is 17.4 Å². The molecule has 19 heavy (non-hydrogen) atoms. The second kappa shape index (κ2) is 6.82. The first-order valence-electron chi connectivity index (χ1n) is 6.21. The summed E-state index contributed by atoms with van der Waals surface area (Å²) in [5.41, 5.74) is -0.536. The van der Waals surface area contributed by atoms with Crippen LogP contribution in [0, 0.1) is 21.8 Å². The van der Waals surface area contributed by atoms with Gasteiger partial charge in [-0.05, 0) is 12.0 Å². The molecule has 0 radical (unpaired) electrons. The first kappa shape index (κ1) is 15.1. The second-order valence-corrected chi connectivity index (χ2v) is 4.31. The molecule has 1 rings (SSSR count). The van der Waals surface area contributed by atoms with E-state index in [0.717, 1.165) is 31.0 Å². The van der Waals surface area contributed by atoms with Gasteiger partial charge >= 0.3 is 0 Å². The third-order valence-corrected chi connectivity index (χ3v) is 3.11. The molecule has 0 saturated heterocycles. The van der Waals surface area contributed by atoms with E-state index in [1.165, 1.54) is 0 Å². The van der Waals surface area contributed by atoms with Gasteiger partial charge in [0.1, 0.15) is 5.82 Å². The molecule has 0 bridgehead atoms. The van der Waals surface area contributed by atoms with Gasteiger partial charge in [0.2, 0.25) is 0 Å². The number of non-ortho nitro benzene ring substituents is 1. The maximum atomic E-state index is 13.6. The van der Waals surface area contributed by atoms with Crippen LogP contribution >= 0.6 is 0 Å². The normalized spacial score (nSPS) is 10.5. The highest BCUT2D eigenvalue weighted by Crippen LogP contribution is 2.16. The van der Waals surface area contributed by atoms with Gasteiger partial charge in [0.25, 0.3) is 11.6 Å². The lowest BCUT2D eigenvalue weighted by Gasteiger charge is -2.13. The van der Waals surface area contributed by atoms with Gasteiger partial charge < -0.3 is 5.32 Å². The number of amides is 1. The van der Waals surface area contributed by atoms with Gasteiger partial charge in [-0.1, -0.05) is 26.7 Å². The number of nitrogens with zero attached hydrogens (tertiary/aromatic N) is 1. The Kier molecular flexibility index (Phi) is 5.41. The van der Waals surface area contributed by atoms with E-state index in [4.69, 9.17) is 0 Å². The molecule has 0 aliphatic heterocycles. The monoisotopic (exact) mass is 268 g/mol. The number of nitro benzene ring substituents is 1. The fourth-order valence-electron chi connectivity index (χ4n) is 1.71. The minimum Gasteiger partial charge on any atom is -0.352 e. The van der Waals surface area contributed by atoms with Gasteiger partial charge in [0.05, 0.1) is 16.6 Å². The van der Waals surface area contributed by atoms with Crippen molar-refractivity contribution in [3.63, 3.8) is 0 Å². The van der Waals surface area contributed by atoms with Crippen molar-refractivity contribution >= 4 is 11.6 Å². The van der Waals surface area contributed by atoms with Crippen molar-refractivity contribution < 1.29 is 14.1 Å². The minimum absolute atomic E-state index is 0.170. The summed E-state index contributed by atoms with van der Waals surface area (Å²) in [6, 6.07) is 3.01. The molecular formula is C13H17FN2O3. The number of hydrogen-bond donors (Lipinski definition) is 1. The Morgan fingerprint density at radius 1 is 1.42 bits per heavy atom. The second-order valence-electron chi connectivity index (χ2n) is 4.31. The van der Waals surface area contributed by atoms with Gasteiger partial charge in [-0.2, -0.15) is 0 Å². The SMILES string of the molecule is CCC(CC)CNC(=O)c1ccc([N+](=O)[O-])cc1F. The number of hydrogen-bond acceptors (Lipinski definition) is 3. The van der Waals surface area contributed by atoms with Crippen LogP contribution in [0.5, 0.6) is 0 Å². The maximum absolute atomic E-state index is 13.6. The summed E-state index contributed by atoms with van der Waals surface area (Å²) in [6.45, 7) is 4.52. The molecular weight excluding hydrogens is 251 g/mol. The maximum Gasteiger partial charge on any atom is 0.272 e. The van der Waals surface area contributed by atoms with Crippen molar-refractivity contribution in [2.24, 2.45) is 5.92 Å². The zero-order valence-corrected chi connectivity index (χ0v) is 11.0. The van der Waals surface area contributed by atoms with E-state index >= 15 is 0 Å². The molecule has 1 N–H and O–H groups in total. The zero-order valence-electron chi connectivity index (χ0n) is 11.0. The van der Waals surface area contributed by atoms with Crippen molar-refractivity contribution in [2.45, 2.75) is 26.7 Å². The number of carbonyl (C=O) groups is 1. The van der Waals surface area contributed by atoms with E-state index in [0.29, 0.717) is 12.5 Å². The van der Waals surface area contributed by atoms with Crippen molar-refractivity contribution in [1.82, 2.24) is 5.32 Å². The number of benzene rings is 1. The first-order valence-corrected chi connectivity index (χ1v) is 6.21. The Bertz CT molecular complexity index is 473. The van der Waals surface area contributed by atoms with Crippen LogP contribution in [0.15, 0.2) is 18.2 Å². The Morgan fingerprint density at radius 2 is 2.05 bits per heavy atom. The Morgan fingerprint density at radius 3 is 2.53 bits per heavy atom. The predicted molar refractivity (Wildman–Crippen MR) is 69.5 cm³/mol. The van der Waals surface area contributed by atoms with Crippen molar-refractivity contribution in [3.05, 3.63) is 39.7 Å². The van der Waals surface area contributed by atoms with Gasteiger partial charge in [-0.3, -0.25) is 14.9 Å². The third-order valence-electron chi connectivity index (χ3n) is 3.11. The lowest BCUT2D eigenvalue weighted by atomic mass is 10.0. The molecule has 0 aromatic heterocycles. The summed E-state index contributed by atoms with van der Waals surface area (Å²) in [4.78, 5) is 21.5. The molecule has 0 unspecified atom stereocenters. The van der Waals surface area contributed by atoms with Crippen LogP contribution in [0.1, 0.15) is 37.0 Å². The topological polar surface area (TPSA) is 72.2 Å². The molecule has 5 nitrogen and oxygen atoms in total. The molecule has 1 aromatic rings. The third kappa shape index (κ3) is 4.01. The molecule has 0 heterocycles. The van der Waals surface area contributed by atoms with Crippen molar-refractivity contribution in [2.75, 3.05) is 6.54 Å². The number of nitro groups is 1. The van der Waals surface area contributed by atoms with Crippen LogP contribution in [0.3, 0.4) is 0 Å². The molecule has 0 spiro atoms. The average Bonchev–Trinajstić information content (AvgIpc) is 2.39. The van der Waals surface area contributed by atoms with Crippen LogP contribution in [0.2, 0.25) is 0 Å². The van der Waals surface area contributed by atoms with Gasteiger partial charge in [0, 0.05) is 12.6 Å². The molecule has 0 saturated carbocycles. The summed E-state index contributed by atoms with van der Waals surface area (Å²) < 4.78 is 13.6. The fourth-order valence-corrected chi connectivity index (χ4v) is 1.71. The summed E-state index contributed by atoms with van der Waals surface area (Å²) in [5, 5.41) is 13.1. The molecule has 0 aliphatic rings. The lowest BCUT2D eigenvalue weighted by Crippen LogP contribution is -2.29. The first-order chi connectivity index (χ1) is 8.99. The molecule has 1 aromatic carbocycles. The summed E-state index contributed by atoms with van der Waals surface area (Å²) in [5.74, 6) is -1.07. The number of carbonyl (C=O) groups excluding carboxylic acids is 1. The smallest absolute Gasteiger partial charge is 0.272 e. The molecule has 6 heteroatoms. The molecule has 0 fully saturated rings. The Balaban J connectivity index is 2.75. The summed E-state index contributed by atoms with van der Waals surface area (Å²) in [6.07, 6.45) is 1.86. The summed E-state index contributed by atoms with van der Waals surface area (Å²) >= 11 is 0. The van der Waals surface area contributed by atoms with E-state index in [1.54, 1.807) is 0 Å². The van der Waals surface area contributed by atoms with E-state index in [2.05, 4.69) is 5.32 Å². The number of nitrogens with one attached hydrogen (secondary N) is 1. The Labute approximate surface area is 111 Å². The van der Waals surface area contributed by atoms with Gasteiger partial charge in [0.15, 0.2) is 0 Å². The number of halogens is 1. The molecule has 0 aliphatic carbocycles. The molecule has 0 atom stereocenters. The standard InChI is InChI=1S/C13H17FN2O3/c1-3-9(4-2)8-15-13(17)11-6-5-10(16(18)19)7-12(11)14/h5-7,9H,3-4,8H2,1-2H3,(H,15,17). The largest absolute Gasteiger partial charge is 0.352 e. The van der Waals surface area contributed by atoms with E-state index in [9.17, 15) is 19.3 Å². The van der Waals surface area contributed by atoms with Crippen LogP contribution < -0.4 is 5.32 Å². The van der Waals surface area contributed by atoms with E-state index in [-0.39, 0.29) is 11.3 Å². The fraction of sp³-hybridized carbons (Fsp3) is 0.462. The molecule has 104 valence electrons. The number of rotatable bonds is 6. The van der Waals surface area contributed by atoms with Gasteiger partial charge in [-0.25, -0.2) is 4.39 Å². The van der Waals surface area contributed by atoms with Crippen LogP contribution in [-0.2, 0) is 0 Å². The lowest BCUT2D eigenvalue weighted by molar-refractivity contribution is -0.385. The van der Waals surface area contributed by atoms with Gasteiger partial charge in [-0.15, -0.1) is 0 Å². The quantitative estimate of drug-likeness (QED) is 0.637. The highest BCUT2D eigenvalue weighted by Gasteiger charge is 2.16. The van der Waals surface area contributed by atoms with E-state index < -0.39 is 16.6 Å². The van der Waals surface area contributed by atoms with Crippen LogP contribution in [0.4, 0.5) is 10.1 Å². The van der Waals surface area contributed by atoms with Crippen molar-refractivity contribution in [3.8, 4) is 0 Å². The highest BCUT2D eigenvalue weighted by atomic mass is 19.1. The zero-order chi connectivity index (χ0) is 14.4. The van der Waals surface area contributed by atoms with Crippen LogP contribution in [0.25, 0.3) is 0 Å². The molecule has 1 amide bonds.